The minimum Gasteiger partial charge on any atom is -0.378 e. The van der Waals surface area contributed by atoms with Gasteiger partial charge in [-0.25, -0.2) is 0 Å². The van der Waals surface area contributed by atoms with E-state index in [-0.39, 0.29) is 5.91 Å². The fourth-order valence-electron chi connectivity index (χ4n) is 1.70. The lowest BCUT2D eigenvalue weighted by atomic mass is 10.2. The number of nitrogens with zero attached hydrogens (tertiary/aromatic N) is 1. The topological polar surface area (TPSA) is 32.3 Å². The number of hydrogen-bond acceptors (Lipinski definition) is 2. The van der Waals surface area contributed by atoms with E-state index in [1.807, 2.05) is 43.3 Å². The van der Waals surface area contributed by atoms with Crippen molar-refractivity contribution < 1.29 is 4.79 Å². The Hall–Kier alpha value is -1.52. The third-order valence-corrected chi connectivity index (χ3v) is 4.02. The van der Waals surface area contributed by atoms with Gasteiger partial charge in [0.05, 0.1) is 5.02 Å². The van der Waals surface area contributed by atoms with Crippen molar-refractivity contribution in [3.8, 4) is 0 Å². The van der Waals surface area contributed by atoms with Crippen LogP contribution in [0.1, 0.15) is 10.4 Å². The van der Waals surface area contributed by atoms with Crippen LogP contribution in [0.2, 0.25) is 5.02 Å². The minimum absolute atomic E-state index is 0.168. The van der Waals surface area contributed by atoms with E-state index in [0.29, 0.717) is 15.1 Å². The van der Waals surface area contributed by atoms with Crippen molar-refractivity contribution >= 4 is 44.8 Å². The summed E-state index contributed by atoms with van der Waals surface area (Å²) in [7, 11) is 3.91. The van der Waals surface area contributed by atoms with Crippen LogP contribution in [-0.2, 0) is 0 Å². The van der Waals surface area contributed by atoms with Crippen LogP contribution in [-0.4, -0.2) is 20.0 Å². The number of benzene rings is 2. The summed E-state index contributed by atoms with van der Waals surface area (Å²) < 4.78 is 0.703. The Morgan fingerprint density at radius 1 is 1.20 bits per heavy atom. The van der Waals surface area contributed by atoms with Crippen LogP contribution in [0.5, 0.6) is 0 Å². The highest BCUT2D eigenvalue weighted by molar-refractivity contribution is 9.10. The molecule has 0 aliphatic heterocycles. The van der Waals surface area contributed by atoms with E-state index in [2.05, 4.69) is 21.2 Å². The monoisotopic (exact) mass is 352 g/mol. The van der Waals surface area contributed by atoms with Crippen molar-refractivity contribution in [1.29, 1.82) is 0 Å². The van der Waals surface area contributed by atoms with Gasteiger partial charge < -0.3 is 10.2 Å². The molecule has 0 unspecified atom stereocenters. The molecule has 0 saturated carbocycles. The highest BCUT2D eigenvalue weighted by Gasteiger charge is 2.08. The standard InChI is InChI=1S/C15H14BrClN2O/c1-19(2)12-5-3-4-11(9-12)18-15(20)10-6-7-14(17)13(16)8-10/h3-9H,1-2H3,(H,18,20). The summed E-state index contributed by atoms with van der Waals surface area (Å²) in [5.41, 5.74) is 2.34. The number of hydrogen-bond donors (Lipinski definition) is 1. The molecule has 0 heterocycles. The molecule has 0 spiro atoms. The van der Waals surface area contributed by atoms with Crippen LogP contribution >= 0.6 is 27.5 Å². The number of nitrogens with one attached hydrogen (secondary N) is 1. The predicted octanol–water partition coefficient (Wildman–Crippen LogP) is 4.42. The third-order valence-electron chi connectivity index (χ3n) is 2.80. The van der Waals surface area contributed by atoms with E-state index in [1.54, 1.807) is 18.2 Å². The van der Waals surface area contributed by atoms with Gasteiger partial charge in [0.1, 0.15) is 0 Å². The van der Waals surface area contributed by atoms with E-state index < -0.39 is 0 Å². The maximum atomic E-state index is 12.2. The van der Waals surface area contributed by atoms with Gasteiger partial charge in [-0.05, 0) is 52.3 Å². The van der Waals surface area contributed by atoms with Crippen LogP contribution < -0.4 is 10.2 Å². The Morgan fingerprint density at radius 2 is 1.95 bits per heavy atom. The van der Waals surface area contributed by atoms with Gasteiger partial charge in [0.25, 0.3) is 5.91 Å². The predicted molar refractivity (Wildman–Crippen MR) is 87.9 cm³/mol. The van der Waals surface area contributed by atoms with Crippen LogP contribution in [0.15, 0.2) is 46.9 Å². The molecular formula is C15H14BrClN2O. The van der Waals surface area contributed by atoms with E-state index in [0.717, 1.165) is 11.4 Å². The zero-order chi connectivity index (χ0) is 14.7. The van der Waals surface area contributed by atoms with Crippen LogP contribution in [0, 0.1) is 0 Å². The Labute approximate surface area is 131 Å². The first-order valence-electron chi connectivity index (χ1n) is 6.01. The van der Waals surface area contributed by atoms with Gasteiger partial charge in [-0.1, -0.05) is 17.7 Å². The second-order valence-corrected chi connectivity index (χ2v) is 5.79. The molecule has 0 bridgehead atoms. The SMILES string of the molecule is CN(C)c1cccc(NC(=O)c2ccc(Cl)c(Br)c2)c1. The summed E-state index contributed by atoms with van der Waals surface area (Å²) in [5, 5.41) is 3.45. The van der Waals surface area contributed by atoms with Gasteiger partial charge >= 0.3 is 0 Å². The number of rotatable bonds is 3. The van der Waals surface area contributed by atoms with Crippen molar-refractivity contribution in [3.63, 3.8) is 0 Å². The van der Waals surface area contributed by atoms with Gasteiger partial charge in [-0.2, -0.15) is 0 Å². The fourth-order valence-corrected chi connectivity index (χ4v) is 2.20. The third kappa shape index (κ3) is 3.52. The lowest BCUT2D eigenvalue weighted by Gasteiger charge is -2.14. The number of anilines is 2. The van der Waals surface area contributed by atoms with Gasteiger partial charge in [-0.3, -0.25) is 4.79 Å². The first kappa shape index (κ1) is 14.9. The molecule has 20 heavy (non-hydrogen) atoms. The maximum Gasteiger partial charge on any atom is 0.255 e. The number of carbonyl (C=O) groups is 1. The summed E-state index contributed by atoms with van der Waals surface area (Å²) in [6.07, 6.45) is 0. The molecule has 0 radical (unpaired) electrons. The summed E-state index contributed by atoms with van der Waals surface area (Å²) in [6.45, 7) is 0. The summed E-state index contributed by atoms with van der Waals surface area (Å²) in [5.74, 6) is -0.168. The lowest BCUT2D eigenvalue weighted by Crippen LogP contribution is -2.13. The largest absolute Gasteiger partial charge is 0.378 e. The molecule has 0 fully saturated rings. The molecule has 0 aliphatic carbocycles. The van der Waals surface area contributed by atoms with Crippen LogP contribution in [0.3, 0.4) is 0 Å². The normalized spacial score (nSPS) is 10.2. The highest BCUT2D eigenvalue weighted by Crippen LogP contribution is 2.24. The molecule has 104 valence electrons. The Bertz CT molecular complexity index is 644. The molecule has 0 atom stereocenters. The average Bonchev–Trinajstić information content (AvgIpc) is 2.42. The molecular weight excluding hydrogens is 340 g/mol. The minimum atomic E-state index is -0.168. The van der Waals surface area contributed by atoms with E-state index in [9.17, 15) is 4.79 Å². The van der Waals surface area contributed by atoms with Gasteiger partial charge in [0, 0.05) is 35.5 Å². The molecule has 5 heteroatoms. The lowest BCUT2D eigenvalue weighted by molar-refractivity contribution is 0.102. The summed E-state index contributed by atoms with van der Waals surface area (Å²) in [6, 6.07) is 12.7. The number of amides is 1. The molecule has 2 aromatic carbocycles. The molecule has 2 aromatic rings. The zero-order valence-electron chi connectivity index (χ0n) is 11.2. The van der Waals surface area contributed by atoms with Crippen molar-refractivity contribution in [1.82, 2.24) is 0 Å². The van der Waals surface area contributed by atoms with Crippen molar-refractivity contribution in [2.24, 2.45) is 0 Å². The average molecular weight is 354 g/mol. The molecule has 0 aliphatic rings. The van der Waals surface area contributed by atoms with Gasteiger partial charge in [-0.15, -0.1) is 0 Å². The van der Waals surface area contributed by atoms with Gasteiger partial charge in [0.2, 0.25) is 0 Å². The zero-order valence-corrected chi connectivity index (χ0v) is 13.5. The summed E-state index contributed by atoms with van der Waals surface area (Å²) >= 11 is 9.23. The molecule has 1 N–H and O–H groups in total. The van der Waals surface area contributed by atoms with Crippen molar-refractivity contribution in [3.05, 3.63) is 57.5 Å². The van der Waals surface area contributed by atoms with E-state index in [1.165, 1.54) is 0 Å². The smallest absolute Gasteiger partial charge is 0.255 e. The second kappa shape index (κ2) is 6.29. The molecule has 1 amide bonds. The van der Waals surface area contributed by atoms with E-state index in [4.69, 9.17) is 11.6 Å². The van der Waals surface area contributed by atoms with Crippen LogP contribution in [0.4, 0.5) is 11.4 Å². The Balaban J connectivity index is 2.19. The summed E-state index contributed by atoms with van der Waals surface area (Å²) in [4.78, 5) is 14.2. The molecule has 3 nitrogen and oxygen atoms in total. The number of halogens is 2. The second-order valence-electron chi connectivity index (χ2n) is 4.53. The molecule has 0 aromatic heterocycles. The first-order chi connectivity index (χ1) is 9.47. The van der Waals surface area contributed by atoms with Gasteiger partial charge in [0.15, 0.2) is 0 Å². The Kier molecular flexibility index (Phi) is 4.68. The highest BCUT2D eigenvalue weighted by atomic mass is 79.9. The van der Waals surface area contributed by atoms with Crippen molar-refractivity contribution in [2.75, 3.05) is 24.3 Å². The quantitative estimate of drug-likeness (QED) is 0.886. The molecule has 0 saturated heterocycles. The Morgan fingerprint density at radius 3 is 2.60 bits per heavy atom. The van der Waals surface area contributed by atoms with E-state index >= 15 is 0 Å². The maximum absolute atomic E-state index is 12.2. The van der Waals surface area contributed by atoms with Crippen LogP contribution in [0.25, 0.3) is 0 Å². The number of carbonyl (C=O) groups excluding carboxylic acids is 1. The van der Waals surface area contributed by atoms with Crippen molar-refractivity contribution in [2.45, 2.75) is 0 Å². The first-order valence-corrected chi connectivity index (χ1v) is 7.18. The molecule has 2 rings (SSSR count). The fraction of sp³-hybridized carbons (Fsp3) is 0.133.